The lowest BCUT2D eigenvalue weighted by Gasteiger charge is -2.07. The maximum absolute atomic E-state index is 2.37. The van der Waals surface area contributed by atoms with Crippen LogP contribution in [0.1, 0.15) is 0 Å². The average molecular weight is 1190 g/mol. The fourth-order valence-electron chi connectivity index (χ4n) is 10.3. The molecule has 0 saturated heterocycles. The minimum Gasteiger partial charge on any atom is -0.143 e. The molecule has 0 nitrogen and oxygen atoms in total. The summed E-state index contributed by atoms with van der Waals surface area (Å²) in [5.41, 5.74) is 5.44. The van der Waals surface area contributed by atoms with E-state index in [2.05, 4.69) is 205 Å². The topological polar surface area (TPSA) is 0 Å². The molecule has 0 aliphatic rings. The normalized spacial score (nSPS) is 11.9. The van der Waals surface area contributed by atoms with Crippen molar-refractivity contribution in [1.29, 1.82) is 0 Å². The Balaban J connectivity index is 0.728. The van der Waals surface area contributed by atoms with E-state index in [1.807, 2.05) is 136 Å². The Hall–Kier alpha value is -5.68. The molecule has 0 fully saturated rings. The van der Waals surface area contributed by atoms with E-state index in [0.717, 1.165) is 0 Å². The van der Waals surface area contributed by atoms with Gasteiger partial charge in [-0.25, -0.2) is 0 Å². The van der Waals surface area contributed by atoms with Crippen LogP contribution in [0.2, 0.25) is 0 Å². The number of benzene rings is 4. The van der Waals surface area contributed by atoms with Crippen molar-refractivity contribution in [2.75, 3.05) is 0 Å². The first kappa shape index (κ1) is 46.4. The Kier molecular flexibility index (Phi) is 11.6. The van der Waals surface area contributed by atoms with Gasteiger partial charge >= 0.3 is 0 Å². The smallest absolute Gasteiger partial charge is 0.0534 e. The predicted molar refractivity (Wildman–Crippen MR) is 351 cm³/mol. The Bertz CT molecular complexity index is 4470. The molecule has 12 heteroatoms. The second-order valence-corrected chi connectivity index (χ2v) is 30.8. The van der Waals surface area contributed by atoms with E-state index in [-0.39, 0.29) is 0 Å². The maximum atomic E-state index is 2.37. The lowest BCUT2D eigenvalue weighted by molar-refractivity contribution is 1.80. The van der Waals surface area contributed by atoms with Gasteiger partial charge in [-0.1, -0.05) is 84.9 Å². The molecule has 16 rings (SSSR count). The highest BCUT2D eigenvalue weighted by molar-refractivity contribution is 7.33. The predicted octanol–water partition coefficient (Wildman–Crippen LogP) is 25.4. The molecule has 0 amide bonds. The molecule has 4 aromatic carbocycles. The van der Waals surface area contributed by atoms with Gasteiger partial charge in [0, 0.05) is 131 Å². The molecule has 0 bridgehead atoms. The standard InChI is InChI=1S/C64H34S12/c1-5-15-39-35(11-1)57(61(73-39)53-29-25-45(69-53)43-19-9-33-65-43)59-37-13-3-7-17-41(37)75-63(59)55-31-27-51(71-55)49-23-21-47(67-49)48-22-24-50(68-48)52-28-32-56(72-52)64-60(38-14-4-8-18-42(38)76-64)58-36-12-2-6-16-40(36)74-62(58)54-30-26-46(70-54)44-20-10-34-66-44/h1-34H. The van der Waals surface area contributed by atoms with E-state index in [9.17, 15) is 0 Å². The van der Waals surface area contributed by atoms with Crippen molar-refractivity contribution in [2.24, 2.45) is 0 Å². The van der Waals surface area contributed by atoms with Gasteiger partial charge in [0.05, 0.1) is 19.5 Å². The summed E-state index contributed by atoms with van der Waals surface area (Å²) in [6, 6.07) is 72.9. The lowest BCUT2D eigenvalue weighted by Crippen LogP contribution is -1.80. The molecule has 362 valence electrons. The number of fused-ring (bicyclic) bond motifs is 4. The van der Waals surface area contributed by atoms with Crippen LogP contribution in [-0.4, -0.2) is 0 Å². The van der Waals surface area contributed by atoms with E-state index >= 15 is 0 Å². The number of hydrogen-bond donors (Lipinski definition) is 0. The molecular formula is C64H34S12. The van der Waals surface area contributed by atoms with Gasteiger partial charge in [-0.3, -0.25) is 0 Å². The van der Waals surface area contributed by atoms with Gasteiger partial charge in [0.2, 0.25) is 0 Å². The maximum Gasteiger partial charge on any atom is 0.0534 e. The Morgan fingerprint density at radius 2 is 0.395 bits per heavy atom. The van der Waals surface area contributed by atoms with Gasteiger partial charge in [-0.05, 0) is 120 Å². The van der Waals surface area contributed by atoms with Gasteiger partial charge in [0.15, 0.2) is 0 Å². The molecule has 0 aliphatic carbocycles. The average Bonchev–Trinajstić information content (AvgIpc) is 4.34. The van der Waals surface area contributed by atoms with Crippen molar-refractivity contribution in [3.05, 3.63) is 205 Å². The van der Waals surface area contributed by atoms with Crippen molar-refractivity contribution >= 4 is 176 Å². The highest BCUT2D eigenvalue weighted by Gasteiger charge is 2.28. The SMILES string of the molecule is c1csc(-c2ccc(-c3sc4ccccc4c3-c3c(-c4ccc(-c5ccc(-c6ccc(-c7ccc(-c8sc9ccccc9c8-c8c(-c9ccc(-c%10cccs%10)s9)sc9ccccc89)s7)s6)s5)s4)sc4ccccc34)s2)c1. The first-order valence-corrected chi connectivity index (χ1v) is 34.3. The van der Waals surface area contributed by atoms with Crippen LogP contribution in [0.25, 0.3) is 150 Å². The molecule has 12 heterocycles. The van der Waals surface area contributed by atoms with Crippen molar-refractivity contribution in [3.63, 3.8) is 0 Å². The van der Waals surface area contributed by atoms with Gasteiger partial charge in [0.1, 0.15) is 0 Å². The van der Waals surface area contributed by atoms with Crippen molar-refractivity contribution in [1.82, 2.24) is 0 Å². The first-order valence-electron chi connectivity index (χ1n) is 24.4. The largest absolute Gasteiger partial charge is 0.143 e. The van der Waals surface area contributed by atoms with Crippen molar-refractivity contribution in [3.8, 4) is 110 Å². The highest BCUT2D eigenvalue weighted by Crippen LogP contribution is 2.58. The van der Waals surface area contributed by atoms with Gasteiger partial charge in [0.25, 0.3) is 0 Å². The molecule has 0 aliphatic heterocycles. The first-order chi connectivity index (χ1) is 37.6. The van der Waals surface area contributed by atoms with E-state index in [0.29, 0.717) is 0 Å². The van der Waals surface area contributed by atoms with Crippen LogP contribution in [0.15, 0.2) is 205 Å². The number of rotatable bonds is 11. The summed E-state index contributed by atoms with van der Waals surface area (Å²) in [7, 11) is 0. The molecule has 12 aromatic heterocycles. The minimum atomic E-state index is 1.31. The molecular weight excluding hydrogens is 1150 g/mol. The zero-order chi connectivity index (χ0) is 49.8. The Morgan fingerprint density at radius 1 is 0.171 bits per heavy atom. The van der Waals surface area contributed by atoms with Gasteiger partial charge in [-0.2, -0.15) is 0 Å². The van der Waals surface area contributed by atoms with Crippen LogP contribution in [0.5, 0.6) is 0 Å². The van der Waals surface area contributed by atoms with E-state index in [1.54, 1.807) is 0 Å². The third-order valence-corrected chi connectivity index (χ3v) is 28.3. The molecule has 0 N–H and O–H groups in total. The fourth-order valence-corrected chi connectivity index (χ4v) is 23.6. The monoisotopic (exact) mass is 1190 g/mol. The van der Waals surface area contributed by atoms with Gasteiger partial charge < -0.3 is 0 Å². The lowest BCUT2D eigenvalue weighted by atomic mass is 9.97. The number of thiophene rings is 12. The van der Waals surface area contributed by atoms with Crippen molar-refractivity contribution < 1.29 is 0 Å². The van der Waals surface area contributed by atoms with Crippen LogP contribution in [0.4, 0.5) is 0 Å². The summed E-state index contributed by atoms with van der Waals surface area (Å²) in [4.78, 5) is 23.9. The summed E-state index contributed by atoms with van der Waals surface area (Å²) >= 11 is 22.8. The molecule has 0 saturated carbocycles. The van der Waals surface area contributed by atoms with Gasteiger partial charge in [-0.15, -0.1) is 136 Å². The third-order valence-electron chi connectivity index (χ3n) is 13.7. The quantitative estimate of drug-likeness (QED) is 0.121. The van der Waals surface area contributed by atoms with Crippen molar-refractivity contribution in [2.45, 2.75) is 0 Å². The summed E-state index contributed by atoms with van der Waals surface area (Å²) in [5, 5.41) is 9.66. The number of hydrogen-bond acceptors (Lipinski definition) is 12. The zero-order valence-corrected chi connectivity index (χ0v) is 49.3. The molecule has 0 radical (unpaired) electrons. The highest BCUT2D eigenvalue weighted by atomic mass is 32.1. The summed E-state index contributed by atoms with van der Waals surface area (Å²) < 4.78 is 5.31. The molecule has 0 unspecified atom stereocenters. The second-order valence-electron chi connectivity index (χ2n) is 18.1. The zero-order valence-electron chi connectivity index (χ0n) is 39.5. The van der Waals surface area contributed by atoms with Crippen LogP contribution >= 0.6 is 136 Å². The second kappa shape index (κ2) is 19.1. The minimum absolute atomic E-state index is 1.31. The molecule has 76 heavy (non-hydrogen) atoms. The molecule has 0 spiro atoms. The van der Waals surface area contributed by atoms with E-state index in [1.165, 1.54) is 150 Å². The van der Waals surface area contributed by atoms with E-state index in [4.69, 9.17) is 0 Å². The molecule has 0 atom stereocenters. The Labute approximate surface area is 485 Å². The summed E-state index contributed by atoms with van der Waals surface area (Å²) in [6.07, 6.45) is 0. The fraction of sp³-hybridized carbons (Fsp3) is 0. The van der Waals surface area contributed by atoms with E-state index < -0.39 is 0 Å². The Morgan fingerprint density at radius 3 is 0.645 bits per heavy atom. The van der Waals surface area contributed by atoms with Crippen LogP contribution in [-0.2, 0) is 0 Å². The van der Waals surface area contributed by atoms with Crippen LogP contribution in [0, 0.1) is 0 Å². The summed E-state index contributed by atoms with van der Waals surface area (Å²) in [5.74, 6) is 0. The van der Waals surface area contributed by atoms with Crippen LogP contribution < -0.4 is 0 Å². The summed E-state index contributed by atoms with van der Waals surface area (Å²) in [6.45, 7) is 0. The molecule has 16 aromatic rings. The third kappa shape index (κ3) is 7.87. The van der Waals surface area contributed by atoms with Crippen LogP contribution in [0.3, 0.4) is 0 Å².